The second-order valence-corrected chi connectivity index (χ2v) is 5.30. The van der Waals surface area contributed by atoms with Crippen LogP contribution in [0.2, 0.25) is 0 Å². The van der Waals surface area contributed by atoms with E-state index < -0.39 is 0 Å². The van der Waals surface area contributed by atoms with Gasteiger partial charge in [-0.2, -0.15) is 0 Å². The second-order valence-electron chi connectivity index (χ2n) is 5.30. The van der Waals surface area contributed by atoms with E-state index in [9.17, 15) is 0 Å². The molecule has 1 aromatic carbocycles. The summed E-state index contributed by atoms with van der Waals surface area (Å²) in [5, 5.41) is 0. The summed E-state index contributed by atoms with van der Waals surface area (Å²) in [5.74, 6) is 1.91. The summed E-state index contributed by atoms with van der Waals surface area (Å²) >= 11 is 0. The Hall–Kier alpha value is -1.72. The number of hydrogen-bond acceptors (Lipinski definition) is 5. The summed E-state index contributed by atoms with van der Waals surface area (Å²) in [5.41, 5.74) is 1.16. The summed E-state index contributed by atoms with van der Waals surface area (Å²) in [6.45, 7) is 4.02. The lowest BCUT2D eigenvalue weighted by molar-refractivity contribution is 0.263. The molecule has 106 valence electrons. The molecule has 4 rings (SSSR count). The standard InChI is InChI=1S/C15H17NO4/c1-3-12(17-9-15-10-20-15)4-2-11(1)16(5-13-7-18-13)6-14-8-19-14/h1-4,7,14-15H,5-6,8-10H2. The average molecular weight is 275 g/mol. The molecule has 5 nitrogen and oxygen atoms in total. The van der Waals surface area contributed by atoms with E-state index in [0.717, 1.165) is 43.5 Å². The molecule has 0 N–H and O–H groups in total. The third kappa shape index (κ3) is 3.23. The zero-order chi connectivity index (χ0) is 13.4. The predicted molar refractivity (Wildman–Crippen MR) is 72.8 cm³/mol. The molecule has 0 aromatic heterocycles. The Labute approximate surface area is 117 Å². The maximum Gasteiger partial charge on any atom is 0.158 e. The second kappa shape index (κ2) is 5.00. The first-order chi connectivity index (χ1) is 9.87. The quantitative estimate of drug-likeness (QED) is 0.674. The van der Waals surface area contributed by atoms with Crippen LogP contribution in [0.5, 0.6) is 5.75 Å². The molecule has 3 aliphatic heterocycles. The van der Waals surface area contributed by atoms with Gasteiger partial charge in [0.1, 0.15) is 24.7 Å². The zero-order valence-corrected chi connectivity index (χ0v) is 11.2. The number of rotatable bonds is 8. The highest BCUT2D eigenvalue weighted by Crippen LogP contribution is 2.26. The van der Waals surface area contributed by atoms with Crippen LogP contribution in [0.1, 0.15) is 0 Å². The summed E-state index contributed by atoms with van der Waals surface area (Å²) in [6.07, 6.45) is 2.43. The van der Waals surface area contributed by atoms with E-state index in [1.807, 2.05) is 12.1 Å². The maximum atomic E-state index is 5.65. The Bertz CT molecular complexity index is 505. The minimum atomic E-state index is 0.289. The lowest BCUT2D eigenvalue weighted by Gasteiger charge is -2.22. The fourth-order valence-corrected chi connectivity index (χ4v) is 2.09. The van der Waals surface area contributed by atoms with Crippen LogP contribution in [0.25, 0.3) is 0 Å². The van der Waals surface area contributed by atoms with Crippen molar-refractivity contribution < 1.29 is 18.9 Å². The van der Waals surface area contributed by atoms with Crippen LogP contribution in [-0.4, -0.2) is 45.1 Å². The Balaban J connectivity index is 1.39. The van der Waals surface area contributed by atoms with Gasteiger partial charge in [0.05, 0.1) is 25.9 Å². The normalized spacial score (nSPS) is 25.5. The van der Waals surface area contributed by atoms with Gasteiger partial charge in [0.25, 0.3) is 0 Å². The average Bonchev–Trinajstić information content (AvgIpc) is 3.32. The van der Waals surface area contributed by atoms with Crippen molar-refractivity contribution in [1.29, 1.82) is 0 Å². The molecule has 0 spiro atoms. The van der Waals surface area contributed by atoms with E-state index in [1.54, 1.807) is 6.26 Å². The summed E-state index contributed by atoms with van der Waals surface area (Å²) in [4.78, 5) is 2.27. The molecule has 2 atom stereocenters. The van der Waals surface area contributed by atoms with Crippen molar-refractivity contribution in [3.05, 3.63) is 36.3 Å². The first-order valence-electron chi connectivity index (χ1n) is 6.93. The molecule has 0 bridgehead atoms. The van der Waals surface area contributed by atoms with Crippen molar-refractivity contribution in [2.45, 2.75) is 12.2 Å². The number of hydrogen-bond donors (Lipinski definition) is 0. The Morgan fingerprint density at radius 3 is 2.40 bits per heavy atom. The third-order valence-electron chi connectivity index (χ3n) is 3.50. The van der Waals surface area contributed by atoms with Crippen molar-refractivity contribution >= 4 is 5.69 Å². The first kappa shape index (κ1) is 12.1. The maximum absolute atomic E-state index is 5.65. The largest absolute Gasteiger partial charge is 0.491 e. The van der Waals surface area contributed by atoms with Gasteiger partial charge in [-0.15, -0.1) is 0 Å². The van der Waals surface area contributed by atoms with E-state index in [-0.39, 0.29) is 6.10 Å². The molecule has 2 fully saturated rings. The lowest BCUT2D eigenvalue weighted by atomic mass is 10.2. The van der Waals surface area contributed by atoms with Crippen LogP contribution in [0.15, 0.2) is 36.3 Å². The molecule has 3 heterocycles. The van der Waals surface area contributed by atoms with Crippen LogP contribution in [0.4, 0.5) is 5.69 Å². The Kier molecular flexibility index (Phi) is 3.01. The number of ether oxygens (including phenoxy) is 4. The van der Waals surface area contributed by atoms with Gasteiger partial charge in [-0.3, -0.25) is 0 Å². The molecule has 20 heavy (non-hydrogen) atoms. The van der Waals surface area contributed by atoms with Crippen LogP contribution in [0.3, 0.4) is 0 Å². The highest BCUT2D eigenvalue weighted by atomic mass is 16.6. The van der Waals surface area contributed by atoms with Crippen LogP contribution in [-0.2, 0) is 14.2 Å². The molecule has 0 radical (unpaired) electrons. The fourth-order valence-electron chi connectivity index (χ4n) is 2.09. The van der Waals surface area contributed by atoms with E-state index >= 15 is 0 Å². The van der Waals surface area contributed by atoms with Gasteiger partial charge in [-0.25, -0.2) is 0 Å². The fraction of sp³-hybridized carbons (Fsp3) is 0.467. The van der Waals surface area contributed by atoms with E-state index in [4.69, 9.17) is 18.9 Å². The van der Waals surface area contributed by atoms with Crippen LogP contribution in [0, 0.1) is 0 Å². The van der Waals surface area contributed by atoms with Crippen LogP contribution < -0.4 is 9.64 Å². The van der Waals surface area contributed by atoms with E-state index in [0.29, 0.717) is 12.7 Å². The molecule has 3 aliphatic rings. The molecule has 2 unspecified atom stereocenters. The van der Waals surface area contributed by atoms with E-state index in [2.05, 4.69) is 17.0 Å². The van der Waals surface area contributed by atoms with Gasteiger partial charge in [0.2, 0.25) is 0 Å². The van der Waals surface area contributed by atoms with Crippen molar-refractivity contribution in [3.63, 3.8) is 0 Å². The summed E-state index contributed by atoms with van der Waals surface area (Å²) in [6, 6.07) is 8.16. The molecule has 2 saturated heterocycles. The van der Waals surface area contributed by atoms with Crippen molar-refractivity contribution in [2.24, 2.45) is 0 Å². The minimum Gasteiger partial charge on any atom is -0.491 e. The number of nitrogens with zero attached hydrogens (tertiary/aromatic N) is 1. The minimum absolute atomic E-state index is 0.289. The first-order valence-corrected chi connectivity index (χ1v) is 6.93. The summed E-state index contributed by atoms with van der Waals surface area (Å²) in [7, 11) is 0. The number of anilines is 1. The van der Waals surface area contributed by atoms with Crippen LogP contribution >= 0.6 is 0 Å². The van der Waals surface area contributed by atoms with Crippen molar-refractivity contribution in [2.75, 3.05) is 37.8 Å². The van der Waals surface area contributed by atoms with Gasteiger partial charge in [0.15, 0.2) is 5.76 Å². The Morgan fingerprint density at radius 1 is 1.10 bits per heavy atom. The predicted octanol–water partition coefficient (Wildman–Crippen LogP) is 1.54. The van der Waals surface area contributed by atoms with Gasteiger partial charge in [-0.05, 0) is 24.3 Å². The third-order valence-corrected chi connectivity index (χ3v) is 3.50. The lowest BCUT2D eigenvalue weighted by Crippen LogP contribution is -2.28. The highest BCUT2D eigenvalue weighted by Gasteiger charge is 2.27. The van der Waals surface area contributed by atoms with Gasteiger partial charge in [-0.1, -0.05) is 0 Å². The molecule has 0 amide bonds. The SMILES string of the molecule is C1=C(CN(CC2CO2)c2ccc(OCC3CO3)cc2)O1. The molecule has 0 saturated carbocycles. The van der Waals surface area contributed by atoms with Crippen molar-refractivity contribution in [3.8, 4) is 5.75 Å². The summed E-state index contributed by atoms with van der Waals surface area (Å²) < 4.78 is 21.2. The molecule has 5 heteroatoms. The van der Waals surface area contributed by atoms with E-state index in [1.165, 1.54) is 0 Å². The van der Waals surface area contributed by atoms with Crippen molar-refractivity contribution in [1.82, 2.24) is 0 Å². The molecular weight excluding hydrogens is 258 g/mol. The molecule has 0 aliphatic carbocycles. The van der Waals surface area contributed by atoms with Gasteiger partial charge in [0, 0.05) is 12.2 Å². The molecule has 1 aromatic rings. The van der Waals surface area contributed by atoms with Gasteiger partial charge < -0.3 is 23.8 Å². The number of epoxide rings is 2. The molecular formula is C15H17NO4. The smallest absolute Gasteiger partial charge is 0.158 e. The zero-order valence-electron chi connectivity index (χ0n) is 11.2. The number of benzene rings is 1. The Morgan fingerprint density at radius 2 is 1.80 bits per heavy atom. The topological polar surface area (TPSA) is 50.1 Å². The monoisotopic (exact) mass is 275 g/mol. The van der Waals surface area contributed by atoms with Gasteiger partial charge >= 0.3 is 0 Å². The highest BCUT2D eigenvalue weighted by molar-refractivity contribution is 5.50.